The van der Waals surface area contributed by atoms with Gasteiger partial charge in [0.2, 0.25) is 5.75 Å². The van der Waals surface area contributed by atoms with Gasteiger partial charge in [-0.05, 0) is 88.6 Å². The average Bonchev–Trinajstić information content (AvgIpc) is 3.50. The highest BCUT2D eigenvalue weighted by molar-refractivity contribution is 5.92. The van der Waals surface area contributed by atoms with Crippen LogP contribution in [0.3, 0.4) is 0 Å². The van der Waals surface area contributed by atoms with Crippen LogP contribution >= 0.6 is 0 Å². The molecule has 6 rings (SSSR count). The molecule has 3 heterocycles. The van der Waals surface area contributed by atoms with E-state index in [0.29, 0.717) is 25.1 Å². The van der Waals surface area contributed by atoms with Gasteiger partial charge in [-0.1, -0.05) is 0 Å². The van der Waals surface area contributed by atoms with Gasteiger partial charge >= 0.3 is 24.2 Å². The lowest BCUT2D eigenvalue weighted by Crippen LogP contribution is -2.58. The van der Waals surface area contributed by atoms with Gasteiger partial charge in [-0.3, -0.25) is 9.69 Å². The Morgan fingerprint density at radius 3 is 2.28 bits per heavy atom. The minimum atomic E-state index is -0.957. The first-order chi connectivity index (χ1) is 25.8. The molecule has 1 aromatic heterocycles. The SMILES string of the molecule is CCOC(=O)Oc1c(OC)cc(C(=O)O[C@@H]2CC3CN4CCc5c([nH]c6cc(OC(=O)OC(C)(C)C)ccc56)[C@H]4CC3[C@H](C(=O)OC)[C@H]2OC)cc1OC. The van der Waals surface area contributed by atoms with E-state index in [1.165, 1.54) is 46.1 Å². The van der Waals surface area contributed by atoms with Crippen molar-refractivity contribution >= 4 is 35.2 Å². The van der Waals surface area contributed by atoms with E-state index < -0.39 is 48.0 Å². The maximum Gasteiger partial charge on any atom is 0.514 e. The molecule has 292 valence electrons. The third-order valence-corrected chi connectivity index (χ3v) is 10.4. The molecule has 2 aliphatic heterocycles. The number of fused-ring (bicyclic) bond motifs is 6. The van der Waals surface area contributed by atoms with Crippen LogP contribution in [-0.2, 0) is 34.9 Å². The number of carbonyl (C=O) groups is 4. The molecule has 0 spiro atoms. The molecule has 1 N–H and O–H groups in total. The Morgan fingerprint density at radius 2 is 1.65 bits per heavy atom. The van der Waals surface area contributed by atoms with Crippen molar-refractivity contribution in [2.45, 2.75) is 70.8 Å². The van der Waals surface area contributed by atoms with Gasteiger partial charge in [0.1, 0.15) is 23.6 Å². The number of methoxy groups -OCH3 is 4. The van der Waals surface area contributed by atoms with Crippen molar-refractivity contribution in [3.63, 3.8) is 0 Å². The first kappa shape index (κ1) is 38.7. The summed E-state index contributed by atoms with van der Waals surface area (Å²) in [4.78, 5) is 57.8. The van der Waals surface area contributed by atoms with Crippen LogP contribution in [0.25, 0.3) is 10.9 Å². The van der Waals surface area contributed by atoms with Gasteiger partial charge in [0.05, 0.1) is 45.5 Å². The fraction of sp³-hybridized carbons (Fsp3) is 0.538. The molecule has 1 saturated carbocycles. The van der Waals surface area contributed by atoms with Crippen molar-refractivity contribution in [2.24, 2.45) is 17.8 Å². The third-order valence-electron chi connectivity index (χ3n) is 10.4. The number of esters is 2. The highest BCUT2D eigenvalue weighted by Crippen LogP contribution is 2.51. The van der Waals surface area contributed by atoms with E-state index in [0.717, 1.165) is 29.6 Å². The zero-order chi connectivity index (χ0) is 38.9. The fourth-order valence-electron chi connectivity index (χ4n) is 8.20. The van der Waals surface area contributed by atoms with Crippen LogP contribution in [0.4, 0.5) is 9.59 Å². The second kappa shape index (κ2) is 15.8. The van der Waals surface area contributed by atoms with Gasteiger partial charge < -0.3 is 47.6 Å². The number of aromatic nitrogens is 1. The summed E-state index contributed by atoms with van der Waals surface area (Å²) >= 11 is 0. The highest BCUT2D eigenvalue weighted by Gasteiger charge is 2.54. The van der Waals surface area contributed by atoms with Gasteiger partial charge in [0, 0.05) is 42.9 Å². The Balaban J connectivity index is 1.24. The maximum atomic E-state index is 13.8. The number of H-pyrrole nitrogens is 1. The minimum Gasteiger partial charge on any atom is -0.493 e. The molecular formula is C39H48N2O13. The van der Waals surface area contributed by atoms with Crippen molar-refractivity contribution in [1.82, 2.24) is 9.88 Å². The lowest BCUT2D eigenvalue weighted by atomic mass is 9.63. The Morgan fingerprint density at radius 1 is 0.926 bits per heavy atom. The van der Waals surface area contributed by atoms with Gasteiger partial charge in [0.25, 0.3) is 0 Å². The number of nitrogens with zero attached hydrogens (tertiary/aromatic N) is 1. The smallest absolute Gasteiger partial charge is 0.493 e. The van der Waals surface area contributed by atoms with Gasteiger partial charge in [0.15, 0.2) is 11.5 Å². The van der Waals surface area contributed by atoms with Crippen molar-refractivity contribution in [2.75, 3.05) is 48.1 Å². The third kappa shape index (κ3) is 7.78. The van der Waals surface area contributed by atoms with Crippen LogP contribution in [-0.4, -0.2) is 100 Å². The molecular weight excluding hydrogens is 704 g/mol. The Kier molecular flexibility index (Phi) is 11.3. The fourth-order valence-corrected chi connectivity index (χ4v) is 8.20. The zero-order valence-electron chi connectivity index (χ0n) is 31.8. The molecule has 0 radical (unpaired) electrons. The molecule has 2 fully saturated rings. The summed E-state index contributed by atoms with van der Waals surface area (Å²) in [7, 11) is 5.57. The molecule has 54 heavy (non-hydrogen) atoms. The van der Waals surface area contributed by atoms with Gasteiger partial charge in [-0.2, -0.15) is 0 Å². The molecule has 1 aliphatic carbocycles. The van der Waals surface area contributed by atoms with E-state index in [-0.39, 0.29) is 47.3 Å². The molecule has 2 unspecified atom stereocenters. The molecule has 3 aromatic rings. The molecule has 15 heteroatoms. The highest BCUT2D eigenvalue weighted by atomic mass is 16.7. The molecule has 2 aromatic carbocycles. The summed E-state index contributed by atoms with van der Waals surface area (Å²) in [6.45, 7) is 8.53. The number of nitrogens with one attached hydrogen (secondary N) is 1. The summed E-state index contributed by atoms with van der Waals surface area (Å²) in [6, 6.07) is 8.27. The van der Waals surface area contributed by atoms with Crippen molar-refractivity contribution in [1.29, 1.82) is 0 Å². The van der Waals surface area contributed by atoms with Crippen molar-refractivity contribution in [3.05, 3.63) is 47.2 Å². The van der Waals surface area contributed by atoms with Gasteiger partial charge in [-0.15, -0.1) is 0 Å². The summed E-state index contributed by atoms with van der Waals surface area (Å²) < 4.78 is 49.2. The number of rotatable bonds is 9. The number of ether oxygens (including phenoxy) is 9. The summed E-state index contributed by atoms with van der Waals surface area (Å²) in [5.41, 5.74) is 2.50. The first-order valence-electron chi connectivity index (χ1n) is 18.0. The molecule has 0 amide bonds. The van der Waals surface area contributed by atoms with E-state index in [1.807, 2.05) is 6.07 Å². The Labute approximate surface area is 313 Å². The Bertz CT molecular complexity index is 1870. The summed E-state index contributed by atoms with van der Waals surface area (Å²) in [5.74, 6) is -1.58. The molecule has 6 atom stereocenters. The van der Waals surface area contributed by atoms with E-state index in [9.17, 15) is 19.2 Å². The van der Waals surface area contributed by atoms with E-state index >= 15 is 0 Å². The largest absolute Gasteiger partial charge is 0.514 e. The van der Waals surface area contributed by atoms with Crippen LogP contribution < -0.4 is 18.9 Å². The average molecular weight is 753 g/mol. The number of hydrogen-bond acceptors (Lipinski definition) is 14. The molecule has 1 saturated heterocycles. The Hall–Kier alpha value is -5.02. The lowest BCUT2D eigenvalue weighted by molar-refractivity contribution is -0.176. The molecule has 0 bridgehead atoms. The van der Waals surface area contributed by atoms with Crippen LogP contribution in [0.5, 0.6) is 23.0 Å². The zero-order valence-corrected chi connectivity index (χ0v) is 31.8. The molecule has 15 nitrogen and oxygen atoms in total. The van der Waals surface area contributed by atoms with Gasteiger partial charge in [-0.25, -0.2) is 14.4 Å². The van der Waals surface area contributed by atoms with Crippen molar-refractivity contribution in [3.8, 4) is 23.0 Å². The number of aromatic amines is 1. The van der Waals surface area contributed by atoms with Crippen LogP contribution in [0.2, 0.25) is 0 Å². The number of carbonyl (C=O) groups excluding carboxylic acids is 4. The topological polar surface area (TPSA) is 170 Å². The van der Waals surface area contributed by atoms with Crippen LogP contribution in [0.1, 0.15) is 68.2 Å². The maximum absolute atomic E-state index is 13.8. The molecule has 3 aliphatic rings. The normalized spacial score (nSPS) is 23.6. The second-order valence-corrected chi connectivity index (χ2v) is 14.6. The predicted molar refractivity (Wildman–Crippen MR) is 192 cm³/mol. The summed E-state index contributed by atoms with van der Waals surface area (Å²) in [5, 5.41) is 1.05. The standard InChI is InChI=1S/C39H48N2O13/c1-9-50-37(44)53-33-28(46-5)14-20(15-29(33)47-6)35(42)52-30-16-21-19-41-13-12-24-23-11-10-22(51-38(45)54-39(2,3)4)17-26(23)40-32(24)27(41)18-25(21)31(34(30)48-7)36(43)49-8/h10-11,14-15,17,21,25,27,30-31,34,40H,9,12-13,16,18-19H2,1-8H3/t21?,25?,27-,30-,31+,34+/m1/s1. The van der Waals surface area contributed by atoms with E-state index in [1.54, 1.807) is 39.8 Å². The second-order valence-electron chi connectivity index (χ2n) is 14.6. The minimum absolute atomic E-state index is 0.0151. The number of piperidine rings is 1. The monoisotopic (exact) mass is 752 g/mol. The van der Waals surface area contributed by atoms with E-state index in [2.05, 4.69) is 9.88 Å². The van der Waals surface area contributed by atoms with E-state index in [4.69, 9.17) is 42.6 Å². The number of hydrogen-bond donors (Lipinski definition) is 1. The quantitative estimate of drug-likeness (QED) is 0.153. The lowest BCUT2D eigenvalue weighted by Gasteiger charge is -2.52. The van der Waals surface area contributed by atoms with Crippen molar-refractivity contribution < 1.29 is 61.8 Å². The van der Waals surface area contributed by atoms with Crippen LogP contribution in [0.15, 0.2) is 30.3 Å². The summed E-state index contributed by atoms with van der Waals surface area (Å²) in [6.07, 6.45) is -1.41. The number of benzene rings is 2. The predicted octanol–water partition coefficient (Wildman–Crippen LogP) is 6.00. The van der Waals surface area contributed by atoms with Crippen LogP contribution in [0, 0.1) is 17.8 Å². The first-order valence-corrected chi connectivity index (χ1v) is 18.0.